The van der Waals surface area contributed by atoms with Gasteiger partial charge in [0.15, 0.2) is 5.54 Å². The van der Waals surface area contributed by atoms with Gasteiger partial charge in [-0.1, -0.05) is 30.3 Å². The van der Waals surface area contributed by atoms with E-state index in [0.717, 1.165) is 0 Å². The molecule has 0 radical (unpaired) electrons. The van der Waals surface area contributed by atoms with Crippen LogP contribution in [0.4, 0.5) is 4.79 Å². The summed E-state index contributed by atoms with van der Waals surface area (Å²) in [5, 5.41) is 11.7. The van der Waals surface area contributed by atoms with E-state index in [0.29, 0.717) is 12.2 Å². The number of carbonyl (C=O) groups excluding carboxylic acids is 2. The number of halogens is 1. The molecule has 0 heterocycles. The number of nitrogens with two attached hydrogens (primary N) is 1. The Labute approximate surface area is 139 Å². The molecule has 23 heavy (non-hydrogen) atoms. The molecule has 0 fully saturated rings. The zero-order valence-corrected chi connectivity index (χ0v) is 14.0. The summed E-state index contributed by atoms with van der Waals surface area (Å²) >= 11 is 4.72. The van der Waals surface area contributed by atoms with Gasteiger partial charge in [-0.25, -0.2) is 9.59 Å². The van der Waals surface area contributed by atoms with Gasteiger partial charge in [0.2, 0.25) is 5.91 Å². The van der Waals surface area contributed by atoms with Crippen molar-refractivity contribution in [2.24, 2.45) is 5.73 Å². The van der Waals surface area contributed by atoms with Crippen molar-refractivity contribution in [2.45, 2.75) is 32.4 Å². The molecule has 8 heteroatoms. The van der Waals surface area contributed by atoms with Crippen molar-refractivity contribution in [3.63, 3.8) is 0 Å². The molecule has 1 aromatic carbocycles. The molecule has 2 atom stereocenters. The van der Waals surface area contributed by atoms with Crippen LogP contribution >= 0.6 is 11.6 Å². The fourth-order valence-corrected chi connectivity index (χ4v) is 1.60. The maximum Gasteiger partial charge on any atom is 0.403 e. The normalized spacial score (nSPS) is 13.6. The summed E-state index contributed by atoms with van der Waals surface area (Å²) in [6, 6.07) is 7.75. The topological polar surface area (TPSA) is 119 Å². The van der Waals surface area contributed by atoms with Crippen molar-refractivity contribution < 1.29 is 24.2 Å². The number of amides is 1. The van der Waals surface area contributed by atoms with Crippen molar-refractivity contribution >= 4 is 28.9 Å². The molecule has 0 saturated carbocycles. The molecule has 128 valence electrons. The van der Waals surface area contributed by atoms with Crippen LogP contribution < -0.4 is 11.1 Å². The Morgan fingerprint density at radius 1 is 1.35 bits per heavy atom. The highest BCUT2D eigenvalue weighted by Gasteiger charge is 2.37. The monoisotopic (exact) mass is 344 g/mol. The van der Waals surface area contributed by atoms with E-state index < -0.39 is 28.9 Å². The highest BCUT2D eigenvalue weighted by atomic mass is 35.5. The van der Waals surface area contributed by atoms with Crippen LogP contribution in [0.5, 0.6) is 0 Å². The number of rotatable bonds is 5. The van der Waals surface area contributed by atoms with Crippen molar-refractivity contribution in [2.75, 3.05) is 6.61 Å². The summed E-state index contributed by atoms with van der Waals surface area (Å²) in [7, 11) is 0. The van der Waals surface area contributed by atoms with Crippen LogP contribution in [0.3, 0.4) is 0 Å². The summed E-state index contributed by atoms with van der Waals surface area (Å²) in [5.41, 5.74) is 3.71. The number of carbonyl (C=O) groups is 3. The third-order valence-corrected chi connectivity index (χ3v) is 2.93. The molecule has 0 saturated heterocycles. The van der Waals surface area contributed by atoms with Crippen LogP contribution in [-0.2, 0) is 19.9 Å². The first-order chi connectivity index (χ1) is 10.6. The summed E-state index contributed by atoms with van der Waals surface area (Å²) in [6.45, 7) is 4.98. The lowest BCUT2D eigenvalue weighted by Crippen LogP contribution is -2.53. The van der Waals surface area contributed by atoms with Gasteiger partial charge >= 0.3 is 11.4 Å². The zero-order valence-electron chi connectivity index (χ0n) is 13.2. The molecular formula is C15H21ClN2O5. The Hall–Kier alpha value is -2.12. The number of nitrogens with one attached hydrogen (secondary N) is 1. The molecule has 0 aromatic heterocycles. The number of carboxylic acid groups (broad SMARTS) is 1. The lowest BCUT2D eigenvalue weighted by Gasteiger charge is -2.27. The first kappa shape index (κ1) is 20.9. The molecule has 0 spiro atoms. The quantitative estimate of drug-likeness (QED) is 0.701. The molecule has 1 amide bonds. The molecule has 1 aromatic rings. The fraction of sp³-hybridized carbons (Fsp3) is 0.400. The average molecular weight is 345 g/mol. The highest BCUT2D eigenvalue weighted by Crippen LogP contribution is 2.20. The minimum absolute atomic E-state index is 0.350. The fourth-order valence-electron chi connectivity index (χ4n) is 1.49. The smallest absolute Gasteiger partial charge is 0.403 e. The average Bonchev–Trinajstić information content (AvgIpc) is 2.48. The van der Waals surface area contributed by atoms with Gasteiger partial charge in [0.05, 0.1) is 12.6 Å². The zero-order chi connectivity index (χ0) is 18.0. The summed E-state index contributed by atoms with van der Waals surface area (Å²) in [4.78, 5) is 32.4. The molecule has 4 N–H and O–H groups in total. The van der Waals surface area contributed by atoms with Gasteiger partial charge in [-0.15, -0.1) is 0 Å². The van der Waals surface area contributed by atoms with Crippen molar-refractivity contribution in [1.82, 2.24) is 5.32 Å². The van der Waals surface area contributed by atoms with E-state index >= 15 is 0 Å². The molecule has 7 nitrogen and oxygen atoms in total. The molecule has 1 rings (SSSR count). The van der Waals surface area contributed by atoms with Crippen LogP contribution in [-0.4, -0.2) is 35.1 Å². The Balaban J connectivity index is 0.000000688. The van der Waals surface area contributed by atoms with Crippen LogP contribution in [0.2, 0.25) is 0 Å². The third kappa shape index (κ3) is 7.12. The third-order valence-electron chi connectivity index (χ3n) is 2.82. The van der Waals surface area contributed by atoms with Crippen molar-refractivity contribution in [3.05, 3.63) is 35.9 Å². The van der Waals surface area contributed by atoms with Gasteiger partial charge in [-0.2, -0.15) is 0 Å². The van der Waals surface area contributed by atoms with Crippen molar-refractivity contribution in [1.29, 1.82) is 0 Å². The molecular weight excluding hydrogens is 324 g/mol. The predicted octanol–water partition coefficient (Wildman–Crippen LogP) is 1.83. The van der Waals surface area contributed by atoms with E-state index in [4.69, 9.17) is 17.3 Å². The summed E-state index contributed by atoms with van der Waals surface area (Å²) in [6.07, 6.45) is 0. The van der Waals surface area contributed by atoms with Gasteiger partial charge in [-0.3, -0.25) is 4.79 Å². The number of ether oxygens (including phenoxy) is 1. The van der Waals surface area contributed by atoms with E-state index in [2.05, 4.69) is 10.1 Å². The van der Waals surface area contributed by atoms with Crippen LogP contribution in [0.25, 0.3) is 0 Å². The van der Waals surface area contributed by atoms with Gasteiger partial charge in [0.25, 0.3) is 0 Å². The second kappa shape index (κ2) is 9.81. The Morgan fingerprint density at radius 2 is 1.87 bits per heavy atom. The highest BCUT2D eigenvalue weighted by molar-refractivity contribution is 6.61. The van der Waals surface area contributed by atoms with Gasteiger partial charge in [-0.05, 0) is 26.3 Å². The van der Waals surface area contributed by atoms with Crippen molar-refractivity contribution in [3.8, 4) is 0 Å². The minimum Gasteiger partial charge on any atom is -0.479 e. The van der Waals surface area contributed by atoms with E-state index in [1.165, 1.54) is 13.8 Å². The first-order valence-electron chi connectivity index (χ1n) is 6.83. The summed E-state index contributed by atoms with van der Waals surface area (Å²) in [5.74, 6) is -1.63. The minimum atomic E-state index is -1.47. The number of carboxylic acids is 1. The maximum absolute atomic E-state index is 11.5. The van der Waals surface area contributed by atoms with E-state index in [-0.39, 0.29) is 0 Å². The number of benzene rings is 1. The predicted molar refractivity (Wildman–Crippen MR) is 86.1 cm³/mol. The second-order valence-corrected chi connectivity index (χ2v) is 5.05. The number of aliphatic carboxylic acids is 1. The largest absolute Gasteiger partial charge is 0.479 e. The van der Waals surface area contributed by atoms with Gasteiger partial charge in [0.1, 0.15) is 0 Å². The van der Waals surface area contributed by atoms with Crippen LogP contribution in [0.1, 0.15) is 26.3 Å². The molecule has 0 bridgehead atoms. The lowest BCUT2D eigenvalue weighted by molar-refractivity contribution is -0.147. The molecule has 0 aliphatic rings. The first-order valence-corrected chi connectivity index (χ1v) is 7.21. The SMILES string of the molecule is CC(N)C(=O)NC(C)(C(=O)O)c1ccccc1.CCOC(=O)Cl. The van der Waals surface area contributed by atoms with E-state index in [9.17, 15) is 19.5 Å². The second-order valence-electron chi connectivity index (χ2n) is 4.74. The number of hydrogen-bond donors (Lipinski definition) is 3. The molecule has 0 aliphatic carbocycles. The molecule has 0 aliphatic heterocycles. The van der Waals surface area contributed by atoms with Crippen LogP contribution in [0.15, 0.2) is 30.3 Å². The van der Waals surface area contributed by atoms with E-state index in [1.54, 1.807) is 37.3 Å². The Morgan fingerprint density at radius 3 is 2.17 bits per heavy atom. The Kier molecular flexibility index (Phi) is 8.90. The Bertz CT molecular complexity index is 536. The van der Waals surface area contributed by atoms with Gasteiger partial charge in [0, 0.05) is 11.6 Å². The van der Waals surface area contributed by atoms with Gasteiger partial charge < -0.3 is 20.9 Å². The van der Waals surface area contributed by atoms with E-state index in [1.807, 2.05) is 0 Å². The standard InChI is InChI=1S/C12H16N2O3.C3H5ClO2/c1-8(13)10(15)14-12(2,11(16)17)9-6-4-3-5-7-9;1-2-6-3(4)5/h3-8H,13H2,1-2H3,(H,14,15)(H,16,17);2H2,1H3. The summed E-state index contributed by atoms with van der Waals surface area (Å²) < 4.78 is 4.17. The maximum atomic E-state index is 11.5. The van der Waals surface area contributed by atoms with Crippen LogP contribution in [0, 0.1) is 0 Å². The molecule has 2 unspecified atom stereocenters. The lowest BCUT2D eigenvalue weighted by atomic mass is 9.92. The number of hydrogen-bond acceptors (Lipinski definition) is 5.